The third-order valence-corrected chi connectivity index (χ3v) is 5.51. The molecule has 1 aromatic heterocycles. The summed E-state index contributed by atoms with van der Waals surface area (Å²) in [6.07, 6.45) is 2.82. The summed E-state index contributed by atoms with van der Waals surface area (Å²) >= 11 is 0. The number of hydrogen-bond donors (Lipinski definition) is 1. The van der Waals surface area contributed by atoms with Gasteiger partial charge in [-0.15, -0.1) is 0 Å². The minimum atomic E-state index is -0.328. The van der Waals surface area contributed by atoms with E-state index < -0.39 is 0 Å². The summed E-state index contributed by atoms with van der Waals surface area (Å²) < 4.78 is 0. The number of benzene rings is 3. The van der Waals surface area contributed by atoms with Crippen LogP contribution >= 0.6 is 0 Å². The van der Waals surface area contributed by atoms with Crippen LogP contribution in [0.2, 0.25) is 0 Å². The van der Waals surface area contributed by atoms with Crippen molar-refractivity contribution in [1.82, 2.24) is 15.1 Å². The molecule has 1 aliphatic rings. The lowest BCUT2D eigenvalue weighted by Gasteiger charge is -2.26. The highest BCUT2D eigenvalue weighted by atomic mass is 16.2. The van der Waals surface area contributed by atoms with Crippen LogP contribution in [0.1, 0.15) is 22.5 Å². The van der Waals surface area contributed by atoms with Crippen LogP contribution in [-0.2, 0) is 0 Å². The number of nitrogens with one attached hydrogen (secondary N) is 1. The van der Waals surface area contributed by atoms with Crippen LogP contribution in [0.3, 0.4) is 0 Å². The molecule has 1 N–H and O–H groups in total. The topological polar surface area (TPSA) is 66.1 Å². The van der Waals surface area contributed by atoms with E-state index in [1.54, 1.807) is 23.1 Å². The van der Waals surface area contributed by atoms with Crippen molar-refractivity contribution in [3.05, 3.63) is 94.3 Å². The van der Waals surface area contributed by atoms with Crippen LogP contribution in [0.4, 0.5) is 0 Å². The Hall–Kier alpha value is -3.73. The first-order chi connectivity index (χ1) is 14.2. The first-order valence-electron chi connectivity index (χ1n) is 9.66. The lowest BCUT2D eigenvalue weighted by Crippen LogP contribution is -2.38. The number of fused-ring (bicyclic) bond motifs is 2. The minimum Gasteiger partial charge on any atom is -0.333 e. The maximum atomic E-state index is 12.9. The Balaban J connectivity index is 1.44. The van der Waals surface area contributed by atoms with Crippen molar-refractivity contribution < 1.29 is 4.79 Å². The predicted octanol–water partition coefficient (Wildman–Crippen LogP) is 4.01. The number of para-hydroxylation sites is 1. The number of carbonyl (C=O) groups is 1. The zero-order valence-electron chi connectivity index (χ0n) is 15.8. The first kappa shape index (κ1) is 17.4. The summed E-state index contributed by atoms with van der Waals surface area (Å²) in [6, 6.07) is 21.7. The number of nitrogens with zero attached hydrogens (tertiary/aromatic N) is 2. The molecule has 1 amide bonds. The molecule has 1 aliphatic heterocycles. The van der Waals surface area contributed by atoms with Gasteiger partial charge in [0.2, 0.25) is 5.43 Å². The molecule has 4 aromatic rings. The molecule has 142 valence electrons. The van der Waals surface area contributed by atoms with Crippen molar-refractivity contribution in [3.63, 3.8) is 0 Å². The number of H-pyrrole nitrogens is 1. The summed E-state index contributed by atoms with van der Waals surface area (Å²) in [4.78, 5) is 27.3. The molecular weight excluding hydrogens is 362 g/mol. The summed E-state index contributed by atoms with van der Waals surface area (Å²) in [5, 5.41) is 9.77. The van der Waals surface area contributed by atoms with E-state index in [0.717, 1.165) is 6.42 Å². The molecule has 2 heterocycles. The van der Waals surface area contributed by atoms with Gasteiger partial charge in [0.1, 0.15) is 0 Å². The molecule has 5 rings (SSSR count). The van der Waals surface area contributed by atoms with Crippen molar-refractivity contribution in [2.24, 2.45) is 0 Å². The highest BCUT2D eigenvalue weighted by molar-refractivity contribution is 5.97. The van der Waals surface area contributed by atoms with E-state index in [2.05, 4.69) is 46.6 Å². The van der Waals surface area contributed by atoms with Gasteiger partial charge in [0.25, 0.3) is 5.91 Å². The lowest BCUT2D eigenvalue weighted by atomic mass is 9.94. The van der Waals surface area contributed by atoms with Gasteiger partial charge >= 0.3 is 0 Å². The van der Waals surface area contributed by atoms with E-state index in [9.17, 15) is 9.59 Å². The predicted molar refractivity (Wildman–Crippen MR) is 115 cm³/mol. The molecule has 29 heavy (non-hydrogen) atoms. The van der Waals surface area contributed by atoms with Gasteiger partial charge in [-0.2, -0.15) is 5.10 Å². The van der Waals surface area contributed by atoms with Gasteiger partial charge in [0, 0.05) is 18.5 Å². The number of aromatic nitrogens is 2. The summed E-state index contributed by atoms with van der Waals surface area (Å²) in [5.41, 5.74) is 2.69. The largest absolute Gasteiger partial charge is 0.333 e. The van der Waals surface area contributed by atoms with Crippen molar-refractivity contribution in [1.29, 1.82) is 0 Å². The number of amides is 1. The average Bonchev–Trinajstić information content (AvgIpc) is 2.79. The molecule has 0 radical (unpaired) electrons. The maximum Gasteiger partial charge on any atom is 0.278 e. The summed E-state index contributed by atoms with van der Waals surface area (Å²) in [6.45, 7) is 1.02. The zero-order valence-corrected chi connectivity index (χ0v) is 15.8. The second kappa shape index (κ2) is 7.02. The van der Waals surface area contributed by atoms with Crippen LogP contribution in [0.25, 0.3) is 27.2 Å². The van der Waals surface area contributed by atoms with Crippen LogP contribution in [0.15, 0.2) is 77.6 Å². The molecule has 0 unspecified atom stereocenters. The second-order valence-electron chi connectivity index (χ2n) is 7.20. The summed E-state index contributed by atoms with van der Waals surface area (Å²) in [5.74, 6) is -0.328. The number of aromatic amines is 1. The third-order valence-electron chi connectivity index (χ3n) is 5.51. The van der Waals surface area contributed by atoms with Crippen LogP contribution < -0.4 is 5.43 Å². The zero-order chi connectivity index (χ0) is 19.8. The molecule has 0 saturated heterocycles. The van der Waals surface area contributed by atoms with Gasteiger partial charge in [-0.1, -0.05) is 60.7 Å². The summed E-state index contributed by atoms with van der Waals surface area (Å²) in [7, 11) is 0. The standard InChI is InChI=1S/C24H19N3O2/c28-23-20-9-3-4-11-21(20)25-26-22(23)24(29)27-14-12-17(13-15-27)19-10-5-7-16-6-1-2-8-18(16)19/h1-12H,13-15H2,(H,25,28). The molecule has 5 nitrogen and oxygen atoms in total. The fourth-order valence-corrected chi connectivity index (χ4v) is 3.97. The van der Waals surface area contributed by atoms with Gasteiger partial charge < -0.3 is 4.90 Å². The Labute approximate surface area is 167 Å². The molecule has 3 aromatic carbocycles. The van der Waals surface area contributed by atoms with Crippen molar-refractivity contribution in [2.45, 2.75) is 6.42 Å². The Morgan fingerprint density at radius 2 is 1.69 bits per heavy atom. The van der Waals surface area contributed by atoms with Gasteiger partial charge in [0.05, 0.1) is 5.52 Å². The quantitative estimate of drug-likeness (QED) is 0.571. The van der Waals surface area contributed by atoms with Gasteiger partial charge in [0.15, 0.2) is 5.69 Å². The fraction of sp³-hybridized carbons (Fsp3) is 0.125. The molecule has 5 heteroatoms. The monoisotopic (exact) mass is 381 g/mol. The molecule has 0 fully saturated rings. The fourth-order valence-electron chi connectivity index (χ4n) is 3.97. The average molecular weight is 381 g/mol. The van der Waals surface area contributed by atoms with E-state index in [1.165, 1.54) is 21.9 Å². The van der Waals surface area contributed by atoms with Gasteiger partial charge in [-0.25, -0.2) is 0 Å². The highest BCUT2D eigenvalue weighted by Gasteiger charge is 2.24. The molecular formula is C24H19N3O2. The van der Waals surface area contributed by atoms with E-state index in [4.69, 9.17) is 0 Å². The van der Waals surface area contributed by atoms with E-state index >= 15 is 0 Å². The van der Waals surface area contributed by atoms with E-state index in [-0.39, 0.29) is 17.0 Å². The van der Waals surface area contributed by atoms with Crippen LogP contribution in [0, 0.1) is 0 Å². The van der Waals surface area contributed by atoms with Crippen molar-refractivity contribution in [2.75, 3.05) is 13.1 Å². The van der Waals surface area contributed by atoms with Crippen LogP contribution in [-0.4, -0.2) is 34.1 Å². The number of rotatable bonds is 2. The number of carbonyl (C=O) groups excluding carboxylic acids is 1. The Kier molecular flexibility index (Phi) is 4.21. The van der Waals surface area contributed by atoms with E-state index in [1.807, 2.05) is 18.2 Å². The maximum absolute atomic E-state index is 12.9. The SMILES string of the molecule is O=C(c1n[nH]c2ccccc2c1=O)N1CC=C(c2cccc3ccccc23)CC1. The van der Waals surface area contributed by atoms with Gasteiger partial charge in [-0.3, -0.25) is 14.7 Å². The third kappa shape index (κ3) is 3.01. The Morgan fingerprint density at radius 3 is 2.52 bits per heavy atom. The Bertz CT molecular complexity index is 1330. The van der Waals surface area contributed by atoms with Crippen molar-refractivity contribution in [3.8, 4) is 0 Å². The molecule has 0 aliphatic carbocycles. The molecule has 0 bridgehead atoms. The molecule has 0 atom stereocenters. The van der Waals surface area contributed by atoms with Crippen LogP contribution in [0.5, 0.6) is 0 Å². The van der Waals surface area contributed by atoms with Crippen molar-refractivity contribution >= 4 is 33.2 Å². The second-order valence-corrected chi connectivity index (χ2v) is 7.20. The molecule has 0 spiro atoms. The Morgan fingerprint density at radius 1 is 0.931 bits per heavy atom. The van der Waals surface area contributed by atoms with E-state index in [0.29, 0.717) is 24.0 Å². The number of hydrogen-bond acceptors (Lipinski definition) is 3. The normalized spacial score (nSPS) is 14.2. The lowest BCUT2D eigenvalue weighted by molar-refractivity contribution is 0.0765. The first-order valence-corrected chi connectivity index (χ1v) is 9.66. The molecule has 0 saturated carbocycles. The van der Waals surface area contributed by atoms with Gasteiger partial charge in [-0.05, 0) is 40.5 Å². The highest BCUT2D eigenvalue weighted by Crippen LogP contribution is 2.29. The smallest absolute Gasteiger partial charge is 0.278 e. The minimum absolute atomic E-state index is 0.0503.